The van der Waals surface area contributed by atoms with Crippen molar-refractivity contribution < 1.29 is 9.53 Å². The smallest absolute Gasteiger partial charge is 0.410 e. The number of amides is 1. The summed E-state index contributed by atoms with van der Waals surface area (Å²) in [7, 11) is 0. The van der Waals surface area contributed by atoms with Gasteiger partial charge in [0, 0.05) is 25.2 Å². The molecule has 2 aliphatic rings. The molecule has 5 nitrogen and oxygen atoms in total. The first-order chi connectivity index (χ1) is 9.89. The average Bonchev–Trinajstić information content (AvgIpc) is 2.84. The molecule has 1 N–H and O–H groups in total. The molecule has 1 aliphatic carbocycles. The van der Waals surface area contributed by atoms with Crippen molar-refractivity contribution in [2.75, 3.05) is 13.1 Å². The number of hydrogen-bond acceptors (Lipinski definition) is 4. The molecule has 0 aromatic carbocycles. The monoisotopic (exact) mass is 293 g/mol. The summed E-state index contributed by atoms with van der Waals surface area (Å²) in [4.78, 5) is 13.9. The fourth-order valence-corrected chi connectivity index (χ4v) is 3.22. The number of carbonyl (C=O) groups is 1. The van der Waals surface area contributed by atoms with Crippen LogP contribution in [0.5, 0.6) is 0 Å². The molecule has 2 rings (SSSR count). The first-order valence-electron chi connectivity index (χ1n) is 8.02. The van der Waals surface area contributed by atoms with Crippen LogP contribution in [0.4, 0.5) is 4.79 Å². The molecule has 1 heterocycles. The quantitative estimate of drug-likeness (QED) is 0.850. The number of likely N-dealkylation sites (tertiary alicyclic amines) is 1. The van der Waals surface area contributed by atoms with Crippen LogP contribution in [0.2, 0.25) is 0 Å². The molecule has 3 atom stereocenters. The van der Waals surface area contributed by atoms with Crippen LogP contribution in [0.1, 0.15) is 52.9 Å². The van der Waals surface area contributed by atoms with E-state index in [-0.39, 0.29) is 18.1 Å². The molecule has 118 valence electrons. The fourth-order valence-electron chi connectivity index (χ4n) is 3.22. The third-order valence-corrected chi connectivity index (χ3v) is 4.20. The number of piperidine rings is 1. The Kier molecular flexibility index (Phi) is 5.10. The summed E-state index contributed by atoms with van der Waals surface area (Å²) < 4.78 is 5.44. The second-order valence-electron chi connectivity index (χ2n) is 7.21. The highest BCUT2D eigenvalue weighted by Gasteiger charge is 2.32. The molecule has 21 heavy (non-hydrogen) atoms. The minimum Gasteiger partial charge on any atom is -0.444 e. The first-order valence-corrected chi connectivity index (χ1v) is 8.02. The highest BCUT2D eigenvalue weighted by Crippen LogP contribution is 2.26. The minimum atomic E-state index is -0.450. The maximum atomic E-state index is 12.1. The Bertz CT molecular complexity index is 411. The molecule has 1 amide bonds. The lowest BCUT2D eigenvalue weighted by atomic mass is 10.0. The zero-order valence-electron chi connectivity index (χ0n) is 13.4. The standard InChI is InChI=1S/C16H27N3O2/c1-16(2,3)21-15(20)19-9-5-7-13(11-19)18-14-8-4-6-12(14)10-17/h12-14,18H,4-9,11H2,1-3H3. The van der Waals surface area contributed by atoms with Gasteiger partial charge < -0.3 is 15.0 Å². The lowest BCUT2D eigenvalue weighted by Gasteiger charge is -2.36. The number of rotatable bonds is 2. The zero-order valence-corrected chi connectivity index (χ0v) is 13.4. The summed E-state index contributed by atoms with van der Waals surface area (Å²) in [6, 6.07) is 2.97. The van der Waals surface area contributed by atoms with Gasteiger partial charge in [0.05, 0.1) is 12.0 Å². The van der Waals surface area contributed by atoms with E-state index in [2.05, 4.69) is 11.4 Å². The lowest BCUT2D eigenvalue weighted by molar-refractivity contribution is 0.0182. The Morgan fingerprint density at radius 1 is 1.29 bits per heavy atom. The molecular formula is C16H27N3O2. The summed E-state index contributed by atoms with van der Waals surface area (Å²) >= 11 is 0. The van der Waals surface area contributed by atoms with Gasteiger partial charge in [0.25, 0.3) is 0 Å². The van der Waals surface area contributed by atoms with Gasteiger partial charge in [-0.3, -0.25) is 0 Å². The summed E-state index contributed by atoms with van der Waals surface area (Å²) in [5.41, 5.74) is -0.450. The molecule has 1 saturated carbocycles. The van der Waals surface area contributed by atoms with Gasteiger partial charge >= 0.3 is 6.09 Å². The summed E-state index contributed by atoms with van der Waals surface area (Å²) in [5, 5.41) is 12.8. The van der Waals surface area contributed by atoms with Crippen molar-refractivity contribution in [2.24, 2.45) is 5.92 Å². The van der Waals surface area contributed by atoms with Crippen molar-refractivity contribution >= 4 is 6.09 Å². The number of carbonyl (C=O) groups excluding carboxylic acids is 1. The second kappa shape index (κ2) is 6.65. The Morgan fingerprint density at radius 3 is 2.71 bits per heavy atom. The van der Waals surface area contributed by atoms with E-state index in [1.165, 1.54) is 0 Å². The SMILES string of the molecule is CC(C)(C)OC(=O)N1CCCC(NC2CCCC2C#N)C1. The number of nitrogens with zero attached hydrogens (tertiary/aromatic N) is 2. The van der Waals surface area contributed by atoms with E-state index in [0.717, 1.165) is 38.6 Å². The maximum Gasteiger partial charge on any atom is 0.410 e. The molecular weight excluding hydrogens is 266 g/mol. The summed E-state index contributed by atoms with van der Waals surface area (Å²) in [6.07, 6.45) is 5.02. The topological polar surface area (TPSA) is 65.4 Å². The highest BCUT2D eigenvalue weighted by molar-refractivity contribution is 5.68. The first kappa shape index (κ1) is 16.1. The second-order valence-corrected chi connectivity index (χ2v) is 7.21. The molecule has 0 radical (unpaired) electrons. The third-order valence-electron chi connectivity index (χ3n) is 4.20. The van der Waals surface area contributed by atoms with Gasteiger partial charge in [0.2, 0.25) is 0 Å². The molecule has 2 fully saturated rings. The van der Waals surface area contributed by atoms with E-state index in [1.54, 1.807) is 4.90 Å². The minimum absolute atomic E-state index is 0.127. The molecule has 5 heteroatoms. The van der Waals surface area contributed by atoms with Crippen LogP contribution in [0.15, 0.2) is 0 Å². The summed E-state index contributed by atoms with van der Waals surface area (Å²) in [5.74, 6) is 0.127. The van der Waals surface area contributed by atoms with Crippen molar-refractivity contribution in [2.45, 2.75) is 70.6 Å². The molecule has 3 unspecified atom stereocenters. The third kappa shape index (κ3) is 4.60. The van der Waals surface area contributed by atoms with Crippen LogP contribution < -0.4 is 5.32 Å². The Labute approximate surface area is 127 Å². The number of hydrogen-bond donors (Lipinski definition) is 1. The predicted molar refractivity (Wildman–Crippen MR) is 80.7 cm³/mol. The van der Waals surface area contributed by atoms with Gasteiger partial charge in [-0.05, 0) is 46.5 Å². The van der Waals surface area contributed by atoms with Crippen LogP contribution in [0, 0.1) is 17.2 Å². The lowest BCUT2D eigenvalue weighted by Crippen LogP contribution is -2.52. The van der Waals surface area contributed by atoms with E-state index in [0.29, 0.717) is 12.6 Å². The Balaban J connectivity index is 1.86. The van der Waals surface area contributed by atoms with Crippen LogP contribution in [0.25, 0.3) is 0 Å². The molecule has 1 saturated heterocycles. The van der Waals surface area contributed by atoms with Gasteiger partial charge in [-0.15, -0.1) is 0 Å². The van der Waals surface area contributed by atoms with Gasteiger partial charge in [-0.1, -0.05) is 6.42 Å². The van der Waals surface area contributed by atoms with Crippen LogP contribution >= 0.6 is 0 Å². The molecule has 0 aromatic rings. The maximum absolute atomic E-state index is 12.1. The normalized spacial score (nSPS) is 30.0. The molecule has 0 aromatic heterocycles. The van der Waals surface area contributed by atoms with Crippen molar-refractivity contribution in [3.8, 4) is 6.07 Å². The van der Waals surface area contributed by atoms with Crippen molar-refractivity contribution in [1.29, 1.82) is 5.26 Å². The Morgan fingerprint density at radius 2 is 2.05 bits per heavy atom. The molecule has 0 bridgehead atoms. The Hall–Kier alpha value is -1.28. The van der Waals surface area contributed by atoms with Crippen molar-refractivity contribution in [3.63, 3.8) is 0 Å². The van der Waals surface area contributed by atoms with Crippen molar-refractivity contribution in [1.82, 2.24) is 10.2 Å². The predicted octanol–water partition coefficient (Wildman–Crippen LogP) is 2.67. The van der Waals surface area contributed by atoms with E-state index < -0.39 is 5.60 Å². The van der Waals surface area contributed by atoms with Crippen LogP contribution in [0.3, 0.4) is 0 Å². The molecule has 1 aliphatic heterocycles. The van der Waals surface area contributed by atoms with E-state index >= 15 is 0 Å². The number of nitrogens with one attached hydrogen (secondary N) is 1. The van der Waals surface area contributed by atoms with E-state index in [9.17, 15) is 4.79 Å². The number of ether oxygens (including phenoxy) is 1. The fraction of sp³-hybridized carbons (Fsp3) is 0.875. The van der Waals surface area contributed by atoms with E-state index in [1.807, 2.05) is 20.8 Å². The van der Waals surface area contributed by atoms with Gasteiger partial charge in [-0.25, -0.2) is 4.79 Å². The highest BCUT2D eigenvalue weighted by atomic mass is 16.6. The zero-order chi connectivity index (χ0) is 15.5. The van der Waals surface area contributed by atoms with Gasteiger partial charge in [0.1, 0.15) is 5.60 Å². The average molecular weight is 293 g/mol. The molecule has 0 spiro atoms. The summed E-state index contributed by atoms with van der Waals surface area (Å²) in [6.45, 7) is 7.12. The largest absolute Gasteiger partial charge is 0.444 e. The number of nitriles is 1. The van der Waals surface area contributed by atoms with Gasteiger partial charge in [0.15, 0.2) is 0 Å². The van der Waals surface area contributed by atoms with Crippen LogP contribution in [-0.4, -0.2) is 41.8 Å². The van der Waals surface area contributed by atoms with Crippen molar-refractivity contribution in [3.05, 3.63) is 0 Å². The van der Waals surface area contributed by atoms with Gasteiger partial charge in [-0.2, -0.15) is 5.26 Å². The van der Waals surface area contributed by atoms with Crippen LogP contribution in [-0.2, 0) is 4.74 Å². The van der Waals surface area contributed by atoms with E-state index in [4.69, 9.17) is 10.00 Å².